The number of nitrogens with one attached hydrogen (secondary N) is 4. The summed E-state index contributed by atoms with van der Waals surface area (Å²) >= 11 is 0. The van der Waals surface area contributed by atoms with Crippen molar-refractivity contribution in [3.63, 3.8) is 0 Å². The van der Waals surface area contributed by atoms with Gasteiger partial charge in [0, 0.05) is 22.5 Å². The van der Waals surface area contributed by atoms with Crippen LogP contribution in [0.4, 0.5) is 11.4 Å². The fourth-order valence-electron chi connectivity index (χ4n) is 2.10. The van der Waals surface area contributed by atoms with Crippen molar-refractivity contribution in [1.29, 1.82) is 10.8 Å². The highest BCUT2D eigenvalue weighted by Crippen LogP contribution is 2.10. The first-order chi connectivity index (χ1) is 12.8. The monoisotopic (exact) mass is 368 g/mol. The Bertz CT molecular complexity index is 775. The van der Waals surface area contributed by atoms with Crippen molar-refractivity contribution < 1.29 is 14.3 Å². The number of benzene rings is 2. The minimum Gasteiger partial charge on any atom is -0.384 e. The molecule has 9 nitrogen and oxygen atoms in total. The van der Waals surface area contributed by atoms with Crippen molar-refractivity contribution in [2.45, 2.75) is 0 Å². The molecule has 0 bridgehead atoms. The first-order valence-electron chi connectivity index (χ1n) is 7.91. The molecule has 0 radical (unpaired) electrons. The lowest BCUT2D eigenvalue weighted by atomic mass is 10.2. The molecule has 0 aromatic heterocycles. The maximum absolute atomic E-state index is 11.8. The maximum atomic E-state index is 11.8. The smallest absolute Gasteiger partial charge is 0.250 e. The number of carbonyl (C=O) groups is 2. The van der Waals surface area contributed by atoms with E-state index in [4.69, 9.17) is 27.0 Å². The summed E-state index contributed by atoms with van der Waals surface area (Å²) in [6, 6.07) is 12.9. The van der Waals surface area contributed by atoms with E-state index in [0.29, 0.717) is 22.5 Å². The van der Waals surface area contributed by atoms with Crippen molar-refractivity contribution in [3.8, 4) is 0 Å². The minimum absolute atomic E-state index is 0.0573. The molecule has 2 rings (SSSR count). The third-order valence-electron chi connectivity index (χ3n) is 3.43. The highest BCUT2D eigenvalue weighted by atomic mass is 16.5. The van der Waals surface area contributed by atoms with Crippen LogP contribution in [-0.2, 0) is 14.3 Å². The molecule has 2 aromatic carbocycles. The molecule has 0 fully saturated rings. The molecule has 0 aliphatic rings. The van der Waals surface area contributed by atoms with Crippen molar-refractivity contribution in [3.05, 3.63) is 59.7 Å². The number of nitrogens with two attached hydrogens (primary N) is 2. The Balaban J connectivity index is 1.73. The second-order valence-electron chi connectivity index (χ2n) is 5.57. The van der Waals surface area contributed by atoms with Gasteiger partial charge in [0.15, 0.2) is 0 Å². The summed E-state index contributed by atoms with van der Waals surface area (Å²) in [6.45, 7) is -0.573. The molecule has 0 aliphatic heterocycles. The van der Waals surface area contributed by atoms with Crippen LogP contribution in [-0.4, -0.2) is 36.7 Å². The first-order valence-corrected chi connectivity index (χ1v) is 7.91. The van der Waals surface area contributed by atoms with Gasteiger partial charge in [0.1, 0.15) is 24.9 Å². The molecule has 0 aliphatic carbocycles. The largest absolute Gasteiger partial charge is 0.384 e. The number of nitrogen functional groups attached to an aromatic ring is 2. The van der Waals surface area contributed by atoms with Gasteiger partial charge in [-0.15, -0.1) is 0 Å². The van der Waals surface area contributed by atoms with Crippen molar-refractivity contribution in [1.82, 2.24) is 0 Å². The summed E-state index contributed by atoms with van der Waals surface area (Å²) in [6.07, 6.45) is 0. The summed E-state index contributed by atoms with van der Waals surface area (Å²) in [5.41, 5.74) is 12.9. The van der Waals surface area contributed by atoms with Gasteiger partial charge in [-0.25, -0.2) is 0 Å². The van der Waals surface area contributed by atoms with Gasteiger partial charge in [0.25, 0.3) is 0 Å². The van der Waals surface area contributed by atoms with Gasteiger partial charge >= 0.3 is 0 Å². The Kier molecular flexibility index (Phi) is 6.61. The second-order valence-corrected chi connectivity index (χ2v) is 5.57. The van der Waals surface area contributed by atoms with Crippen molar-refractivity contribution >= 4 is 34.9 Å². The molecular formula is C18H20N6O3. The molecule has 0 unspecified atom stereocenters. The molecule has 0 saturated heterocycles. The summed E-state index contributed by atoms with van der Waals surface area (Å²) in [4.78, 5) is 23.6. The Labute approximate surface area is 155 Å². The van der Waals surface area contributed by atoms with Crippen LogP contribution >= 0.6 is 0 Å². The summed E-state index contributed by atoms with van der Waals surface area (Å²) in [5, 5.41) is 19.8. The molecule has 2 aromatic rings. The average molecular weight is 368 g/mol. The number of hydrogen-bond donors (Lipinski definition) is 6. The molecule has 9 heteroatoms. The summed E-state index contributed by atoms with van der Waals surface area (Å²) in [7, 11) is 0. The third kappa shape index (κ3) is 6.25. The zero-order valence-corrected chi connectivity index (χ0v) is 14.4. The van der Waals surface area contributed by atoms with Crippen LogP contribution in [0.1, 0.15) is 11.1 Å². The van der Waals surface area contributed by atoms with E-state index in [1.165, 1.54) is 0 Å². The molecule has 140 valence electrons. The Morgan fingerprint density at radius 3 is 1.37 bits per heavy atom. The molecular weight excluding hydrogens is 348 g/mol. The SMILES string of the molecule is N=C(N)c1ccc(NC(=O)COCC(=O)Nc2ccc(C(=N)N)cc2)cc1. The molecule has 0 heterocycles. The highest BCUT2D eigenvalue weighted by molar-refractivity contribution is 5.97. The second kappa shape index (κ2) is 9.11. The fourth-order valence-corrected chi connectivity index (χ4v) is 2.10. The predicted molar refractivity (Wildman–Crippen MR) is 103 cm³/mol. The minimum atomic E-state index is -0.413. The zero-order chi connectivity index (χ0) is 19.8. The Hall–Kier alpha value is -3.72. The molecule has 0 saturated carbocycles. The Morgan fingerprint density at radius 1 is 0.741 bits per heavy atom. The lowest BCUT2D eigenvalue weighted by Gasteiger charge is -2.08. The van der Waals surface area contributed by atoms with Crippen molar-refractivity contribution in [2.75, 3.05) is 23.8 Å². The topological polar surface area (TPSA) is 167 Å². The number of anilines is 2. The van der Waals surface area contributed by atoms with Gasteiger partial charge < -0.3 is 26.8 Å². The van der Waals surface area contributed by atoms with Gasteiger partial charge in [-0.3, -0.25) is 20.4 Å². The van der Waals surface area contributed by atoms with E-state index in [2.05, 4.69) is 10.6 Å². The van der Waals surface area contributed by atoms with Crippen LogP contribution in [0.15, 0.2) is 48.5 Å². The van der Waals surface area contributed by atoms with Gasteiger partial charge in [0.2, 0.25) is 11.8 Å². The van der Waals surface area contributed by atoms with E-state index in [0.717, 1.165) is 0 Å². The average Bonchev–Trinajstić information content (AvgIpc) is 2.62. The van der Waals surface area contributed by atoms with Gasteiger partial charge in [0.05, 0.1) is 0 Å². The molecule has 0 spiro atoms. The Morgan fingerprint density at radius 2 is 1.07 bits per heavy atom. The van der Waals surface area contributed by atoms with Gasteiger partial charge in [-0.05, 0) is 48.5 Å². The zero-order valence-electron chi connectivity index (χ0n) is 14.4. The summed E-state index contributed by atoms with van der Waals surface area (Å²) in [5.74, 6) is -0.940. The molecule has 8 N–H and O–H groups in total. The normalized spacial score (nSPS) is 10.1. The summed E-state index contributed by atoms with van der Waals surface area (Å²) < 4.78 is 5.09. The fraction of sp³-hybridized carbons (Fsp3) is 0.111. The van der Waals surface area contributed by atoms with E-state index in [9.17, 15) is 9.59 Å². The number of amides is 2. The van der Waals surface area contributed by atoms with E-state index >= 15 is 0 Å². The molecule has 2 amide bonds. The van der Waals surface area contributed by atoms with Crippen LogP contribution in [0, 0.1) is 10.8 Å². The lowest BCUT2D eigenvalue weighted by molar-refractivity contribution is -0.125. The van der Waals surface area contributed by atoms with E-state index in [1.54, 1.807) is 48.5 Å². The van der Waals surface area contributed by atoms with E-state index in [1.807, 2.05) is 0 Å². The van der Waals surface area contributed by atoms with Crippen LogP contribution in [0.3, 0.4) is 0 Å². The predicted octanol–water partition coefficient (Wildman–Crippen LogP) is 0.849. The van der Waals surface area contributed by atoms with Crippen molar-refractivity contribution in [2.24, 2.45) is 11.5 Å². The quantitative estimate of drug-likeness (QED) is 0.299. The van der Waals surface area contributed by atoms with Gasteiger partial charge in [-0.2, -0.15) is 0 Å². The van der Waals surface area contributed by atoms with Crippen LogP contribution in [0.25, 0.3) is 0 Å². The first kappa shape index (κ1) is 19.6. The highest BCUT2D eigenvalue weighted by Gasteiger charge is 2.07. The van der Waals surface area contributed by atoms with Crippen LogP contribution in [0.5, 0.6) is 0 Å². The molecule has 27 heavy (non-hydrogen) atoms. The molecule has 0 atom stereocenters. The number of hydrogen-bond acceptors (Lipinski definition) is 5. The number of amidine groups is 2. The van der Waals surface area contributed by atoms with E-state index < -0.39 is 11.8 Å². The van der Waals surface area contributed by atoms with Crippen LogP contribution < -0.4 is 22.1 Å². The van der Waals surface area contributed by atoms with Gasteiger partial charge in [-0.1, -0.05) is 0 Å². The third-order valence-corrected chi connectivity index (χ3v) is 3.43. The number of rotatable bonds is 8. The lowest BCUT2D eigenvalue weighted by Crippen LogP contribution is -2.24. The van der Waals surface area contributed by atoms with E-state index in [-0.39, 0.29) is 24.9 Å². The maximum Gasteiger partial charge on any atom is 0.250 e. The number of ether oxygens (including phenoxy) is 1. The standard InChI is InChI=1S/C18H20N6O3/c19-17(20)11-1-5-13(6-2-11)23-15(25)9-27-10-16(26)24-14-7-3-12(4-8-14)18(21)22/h1-8H,9-10H2,(H3,19,20)(H3,21,22)(H,23,25)(H,24,26). The number of carbonyl (C=O) groups excluding carboxylic acids is 2. The van der Waals surface area contributed by atoms with Crippen LogP contribution in [0.2, 0.25) is 0 Å².